The van der Waals surface area contributed by atoms with Crippen LogP contribution in [0.15, 0.2) is 24.3 Å². The predicted molar refractivity (Wildman–Crippen MR) is 76.5 cm³/mol. The van der Waals surface area contributed by atoms with E-state index in [9.17, 15) is 4.79 Å². The van der Waals surface area contributed by atoms with Gasteiger partial charge in [0.1, 0.15) is 11.8 Å². The lowest BCUT2D eigenvalue weighted by Gasteiger charge is -2.18. The van der Waals surface area contributed by atoms with E-state index >= 15 is 0 Å². The Morgan fingerprint density at radius 2 is 2.05 bits per heavy atom. The molecule has 0 bridgehead atoms. The molecule has 0 aromatic heterocycles. The summed E-state index contributed by atoms with van der Waals surface area (Å²) < 4.78 is 5.56. The molecule has 1 amide bonds. The Hall–Kier alpha value is -1.63. The van der Waals surface area contributed by atoms with Crippen LogP contribution in [0.5, 0.6) is 5.75 Å². The van der Waals surface area contributed by atoms with Crippen LogP contribution in [0.1, 0.15) is 31.9 Å². The zero-order chi connectivity index (χ0) is 14.5. The first-order chi connectivity index (χ1) is 9.67. The highest BCUT2D eigenvalue weighted by Crippen LogP contribution is 2.29. The van der Waals surface area contributed by atoms with Gasteiger partial charge in [-0.15, -0.1) is 0 Å². The van der Waals surface area contributed by atoms with E-state index in [1.54, 1.807) is 0 Å². The third-order valence-corrected chi connectivity index (χ3v) is 3.58. The van der Waals surface area contributed by atoms with Crippen LogP contribution in [0.4, 0.5) is 0 Å². The Morgan fingerprint density at radius 1 is 1.35 bits per heavy atom. The Morgan fingerprint density at radius 3 is 2.65 bits per heavy atom. The van der Waals surface area contributed by atoms with Crippen molar-refractivity contribution in [1.29, 1.82) is 0 Å². The molecule has 0 saturated carbocycles. The third kappa shape index (κ3) is 3.09. The normalized spacial score (nSPS) is 25.4. The first kappa shape index (κ1) is 14.8. The van der Waals surface area contributed by atoms with Crippen LogP contribution in [-0.4, -0.2) is 18.6 Å². The van der Waals surface area contributed by atoms with Crippen molar-refractivity contribution < 1.29 is 9.53 Å². The van der Waals surface area contributed by atoms with Gasteiger partial charge in [-0.1, -0.05) is 26.0 Å². The maximum absolute atomic E-state index is 11.6. The van der Waals surface area contributed by atoms with Gasteiger partial charge in [0.05, 0.1) is 12.6 Å². The van der Waals surface area contributed by atoms with Gasteiger partial charge in [0.25, 0.3) is 5.91 Å². The molecule has 110 valence electrons. The van der Waals surface area contributed by atoms with Crippen molar-refractivity contribution in [3.05, 3.63) is 29.8 Å². The second-order valence-corrected chi connectivity index (χ2v) is 5.03. The lowest BCUT2D eigenvalue weighted by atomic mass is 9.91. The summed E-state index contributed by atoms with van der Waals surface area (Å²) in [4.78, 5) is 11.6. The highest BCUT2D eigenvalue weighted by Gasteiger charge is 2.37. The predicted octanol–water partition coefficient (Wildman–Crippen LogP) is 0.619. The fraction of sp³-hybridized carbons (Fsp3) is 0.500. The maximum Gasteiger partial charge on any atom is 0.252 e. The first-order valence-corrected chi connectivity index (χ1v) is 6.91. The number of carbonyl (C=O) groups excluding carboxylic acids is 1. The van der Waals surface area contributed by atoms with E-state index < -0.39 is 0 Å². The number of benzene rings is 1. The molecule has 1 fully saturated rings. The Balaban J connectivity index is 2.03. The molecule has 3 atom stereocenters. The van der Waals surface area contributed by atoms with E-state index in [-0.39, 0.29) is 23.9 Å². The lowest BCUT2D eigenvalue weighted by Crippen LogP contribution is -2.47. The quantitative estimate of drug-likeness (QED) is 0.360. The molecule has 1 aromatic rings. The smallest absolute Gasteiger partial charge is 0.252 e. The Kier molecular flexibility index (Phi) is 4.94. The van der Waals surface area contributed by atoms with Crippen molar-refractivity contribution in [3.63, 3.8) is 0 Å². The molecule has 20 heavy (non-hydrogen) atoms. The number of amides is 1. The Bertz CT molecular complexity index is 449. The molecule has 1 aromatic carbocycles. The van der Waals surface area contributed by atoms with Gasteiger partial charge in [0.15, 0.2) is 0 Å². The van der Waals surface area contributed by atoms with Crippen molar-refractivity contribution in [1.82, 2.24) is 16.3 Å². The van der Waals surface area contributed by atoms with Crippen molar-refractivity contribution in [2.24, 2.45) is 11.8 Å². The SMILES string of the molecule is CCCOc1ccc(C2NNC(C(=O)NN)C2C)cc1. The molecule has 1 aliphatic rings. The van der Waals surface area contributed by atoms with Crippen molar-refractivity contribution >= 4 is 5.91 Å². The minimum Gasteiger partial charge on any atom is -0.494 e. The van der Waals surface area contributed by atoms with E-state index in [2.05, 4.69) is 23.2 Å². The summed E-state index contributed by atoms with van der Waals surface area (Å²) in [7, 11) is 0. The summed E-state index contributed by atoms with van der Waals surface area (Å²) in [6.45, 7) is 4.81. The number of carbonyl (C=O) groups is 1. The van der Waals surface area contributed by atoms with Crippen LogP contribution in [-0.2, 0) is 4.79 Å². The molecule has 6 heteroatoms. The van der Waals surface area contributed by atoms with E-state index in [0.29, 0.717) is 0 Å². The number of hydrogen-bond donors (Lipinski definition) is 4. The Labute approximate surface area is 119 Å². The van der Waals surface area contributed by atoms with E-state index in [1.165, 1.54) is 0 Å². The number of hydrogen-bond acceptors (Lipinski definition) is 5. The molecule has 2 rings (SSSR count). The number of hydrazine groups is 2. The molecule has 0 aliphatic carbocycles. The number of ether oxygens (including phenoxy) is 1. The molecule has 0 spiro atoms. The molecular formula is C14H22N4O2. The van der Waals surface area contributed by atoms with Gasteiger partial charge in [0.2, 0.25) is 0 Å². The van der Waals surface area contributed by atoms with E-state index in [4.69, 9.17) is 10.6 Å². The molecule has 3 unspecified atom stereocenters. The average Bonchev–Trinajstić information content (AvgIpc) is 2.86. The summed E-state index contributed by atoms with van der Waals surface area (Å²) in [6, 6.07) is 7.68. The summed E-state index contributed by atoms with van der Waals surface area (Å²) in [5.41, 5.74) is 9.42. The molecule has 1 aliphatic heterocycles. The van der Waals surface area contributed by atoms with Gasteiger partial charge in [-0.2, -0.15) is 0 Å². The molecule has 5 N–H and O–H groups in total. The summed E-state index contributed by atoms with van der Waals surface area (Å²) in [6.07, 6.45) is 0.989. The maximum atomic E-state index is 11.6. The number of nitrogens with two attached hydrogens (primary N) is 1. The summed E-state index contributed by atoms with van der Waals surface area (Å²) in [5.74, 6) is 5.93. The van der Waals surface area contributed by atoms with Crippen molar-refractivity contribution in [2.75, 3.05) is 6.61 Å². The van der Waals surface area contributed by atoms with Crippen LogP contribution in [0.25, 0.3) is 0 Å². The monoisotopic (exact) mass is 278 g/mol. The fourth-order valence-corrected chi connectivity index (χ4v) is 2.41. The highest BCUT2D eigenvalue weighted by atomic mass is 16.5. The lowest BCUT2D eigenvalue weighted by molar-refractivity contribution is -0.123. The molecule has 1 saturated heterocycles. The van der Waals surface area contributed by atoms with Gasteiger partial charge < -0.3 is 4.74 Å². The van der Waals surface area contributed by atoms with Gasteiger partial charge in [-0.05, 0) is 24.1 Å². The van der Waals surface area contributed by atoms with Crippen molar-refractivity contribution in [3.8, 4) is 5.75 Å². The molecule has 0 radical (unpaired) electrons. The molecule has 1 heterocycles. The standard InChI is InChI=1S/C14H22N4O2/c1-3-8-20-11-6-4-10(5-7-11)12-9(2)13(18-17-12)14(19)16-15/h4-7,9,12-13,17-18H,3,8,15H2,1-2H3,(H,16,19). The van der Waals surface area contributed by atoms with Crippen LogP contribution in [0, 0.1) is 5.92 Å². The molecule has 6 nitrogen and oxygen atoms in total. The molecular weight excluding hydrogens is 256 g/mol. The average molecular weight is 278 g/mol. The fourth-order valence-electron chi connectivity index (χ4n) is 2.41. The van der Waals surface area contributed by atoms with E-state index in [1.807, 2.05) is 31.2 Å². The highest BCUT2D eigenvalue weighted by molar-refractivity contribution is 5.81. The number of nitrogens with one attached hydrogen (secondary N) is 3. The second kappa shape index (κ2) is 6.69. The zero-order valence-electron chi connectivity index (χ0n) is 11.8. The largest absolute Gasteiger partial charge is 0.494 e. The third-order valence-electron chi connectivity index (χ3n) is 3.58. The minimum atomic E-state index is -0.332. The van der Waals surface area contributed by atoms with Gasteiger partial charge in [-0.3, -0.25) is 10.2 Å². The van der Waals surface area contributed by atoms with Crippen LogP contribution in [0.2, 0.25) is 0 Å². The van der Waals surface area contributed by atoms with E-state index in [0.717, 1.165) is 24.3 Å². The van der Waals surface area contributed by atoms with Crippen LogP contribution < -0.4 is 26.9 Å². The number of rotatable bonds is 5. The zero-order valence-corrected chi connectivity index (χ0v) is 11.8. The summed E-state index contributed by atoms with van der Waals surface area (Å²) >= 11 is 0. The van der Waals surface area contributed by atoms with Crippen molar-refractivity contribution in [2.45, 2.75) is 32.4 Å². The van der Waals surface area contributed by atoms with Gasteiger partial charge >= 0.3 is 0 Å². The van der Waals surface area contributed by atoms with Gasteiger partial charge in [-0.25, -0.2) is 16.7 Å². The first-order valence-electron chi connectivity index (χ1n) is 6.91. The second-order valence-electron chi connectivity index (χ2n) is 5.03. The topological polar surface area (TPSA) is 88.4 Å². The van der Waals surface area contributed by atoms with Crippen LogP contribution in [0.3, 0.4) is 0 Å². The summed E-state index contributed by atoms with van der Waals surface area (Å²) in [5, 5.41) is 0. The minimum absolute atomic E-state index is 0.0672. The van der Waals surface area contributed by atoms with Crippen LogP contribution >= 0.6 is 0 Å². The van der Waals surface area contributed by atoms with Gasteiger partial charge in [0, 0.05) is 5.92 Å².